The highest BCUT2D eigenvalue weighted by Gasteiger charge is 2.17. The number of nitrogens with zero attached hydrogens (tertiary/aromatic N) is 1. The van der Waals surface area contributed by atoms with Crippen molar-refractivity contribution in [3.05, 3.63) is 64.4 Å². The van der Waals surface area contributed by atoms with E-state index < -0.39 is 0 Å². The van der Waals surface area contributed by atoms with Crippen LogP contribution in [-0.2, 0) is 14.3 Å². The van der Waals surface area contributed by atoms with E-state index in [0.717, 1.165) is 39.3 Å². The molecular weight excluding hydrogens is 422 g/mol. The number of benzene rings is 2. The van der Waals surface area contributed by atoms with Gasteiger partial charge >= 0.3 is 5.97 Å². The van der Waals surface area contributed by atoms with E-state index in [1.165, 1.54) is 11.8 Å². The number of anilines is 2. The molecule has 0 saturated carbocycles. The van der Waals surface area contributed by atoms with E-state index in [0.29, 0.717) is 17.3 Å². The molecule has 2 N–H and O–H groups in total. The molecule has 0 unspecified atom stereocenters. The lowest BCUT2D eigenvalue weighted by molar-refractivity contribution is -0.142. The van der Waals surface area contributed by atoms with Crippen LogP contribution >= 0.6 is 11.8 Å². The summed E-state index contributed by atoms with van der Waals surface area (Å²) >= 11 is 1.33. The molecule has 0 aromatic heterocycles. The zero-order valence-corrected chi connectivity index (χ0v) is 20.0. The highest BCUT2D eigenvalue weighted by atomic mass is 32.2. The lowest BCUT2D eigenvalue weighted by atomic mass is 10.1. The molecule has 0 radical (unpaired) electrons. The zero-order valence-electron chi connectivity index (χ0n) is 19.2. The van der Waals surface area contributed by atoms with Crippen molar-refractivity contribution in [3.63, 3.8) is 0 Å². The van der Waals surface area contributed by atoms with Gasteiger partial charge in [0, 0.05) is 11.4 Å². The van der Waals surface area contributed by atoms with Gasteiger partial charge in [0.05, 0.1) is 35.2 Å². The van der Waals surface area contributed by atoms with Crippen LogP contribution in [0.5, 0.6) is 0 Å². The predicted octanol–water partition coefficient (Wildman–Crippen LogP) is 5.58. The molecule has 32 heavy (non-hydrogen) atoms. The predicted molar refractivity (Wildman–Crippen MR) is 133 cm³/mol. The maximum Gasteiger partial charge on any atom is 0.311 e. The number of fused-ring (bicyclic) bond motifs is 1. The summed E-state index contributed by atoms with van der Waals surface area (Å²) in [5.41, 5.74) is 7.53. The zero-order chi connectivity index (χ0) is 23.3. The second kappa shape index (κ2) is 10.5. The third-order valence-corrected chi connectivity index (χ3v) is 5.84. The van der Waals surface area contributed by atoms with Crippen LogP contribution in [0.4, 0.5) is 17.1 Å². The first-order valence-electron chi connectivity index (χ1n) is 10.6. The Bertz CT molecular complexity index is 1090. The van der Waals surface area contributed by atoms with Crippen LogP contribution in [0, 0.1) is 27.7 Å². The largest absolute Gasteiger partial charge is 0.466 e. The number of carbonyl (C=O) groups excluding carboxylic acids is 2. The van der Waals surface area contributed by atoms with Gasteiger partial charge in [-0.2, -0.15) is 0 Å². The summed E-state index contributed by atoms with van der Waals surface area (Å²) in [7, 11) is 0. The van der Waals surface area contributed by atoms with Crippen LogP contribution in [0.15, 0.2) is 47.1 Å². The van der Waals surface area contributed by atoms with E-state index in [-0.39, 0.29) is 24.1 Å². The Kier molecular flexibility index (Phi) is 7.75. The van der Waals surface area contributed by atoms with Gasteiger partial charge in [0.25, 0.3) is 0 Å². The third kappa shape index (κ3) is 6.47. The second-order valence-corrected chi connectivity index (χ2v) is 8.89. The van der Waals surface area contributed by atoms with E-state index in [2.05, 4.69) is 16.7 Å². The van der Waals surface area contributed by atoms with Gasteiger partial charge in [-0.05, 0) is 87.2 Å². The van der Waals surface area contributed by atoms with E-state index in [1.807, 2.05) is 58.0 Å². The smallest absolute Gasteiger partial charge is 0.311 e. The Morgan fingerprint density at radius 3 is 2.41 bits per heavy atom. The fourth-order valence-electron chi connectivity index (χ4n) is 3.42. The minimum absolute atomic E-state index is 0.106. The number of esters is 1. The van der Waals surface area contributed by atoms with Crippen LogP contribution in [0.3, 0.4) is 0 Å². The van der Waals surface area contributed by atoms with Crippen molar-refractivity contribution in [1.82, 2.24) is 0 Å². The highest BCUT2D eigenvalue weighted by Crippen LogP contribution is 2.34. The average molecular weight is 452 g/mol. The molecule has 2 aromatic carbocycles. The van der Waals surface area contributed by atoms with Crippen LogP contribution < -0.4 is 10.6 Å². The highest BCUT2D eigenvalue weighted by molar-refractivity contribution is 8.14. The van der Waals surface area contributed by atoms with Gasteiger partial charge in [-0.3, -0.25) is 9.59 Å². The monoisotopic (exact) mass is 451 g/mol. The molecule has 7 heteroatoms. The molecule has 168 valence electrons. The second-order valence-electron chi connectivity index (χ2n) is 7.89. The number of aliphatic imine (C=N–C) groups is 1. The summed E-state index contributed by atoms with van der Waals surface area (Å²) in [5, 5.41) is 6.93. The summed E-state index contributed by atoms with van der Waals surface area (Å²) in [6.07, 6.45) is 1.92. The molecule has 1 amide bonds. The van der Waals surface area contributed by atoms with E-state index in [1.54, 1.807) is 6.92 Å². The fraction of sp³-hybridized carbons (Fsp3) is 0.320. The molecule has 0 spiro atoms. The first kappa shape index (κ1) is 23.6. The van der Waals surface area contributed by atoms with Crippen LogP contribution in [0.2, 0.25) is 0 Å². The molecule has 0 fully saturated rings. The van der Waals surface area contributed by atoms with Crippen molar-refractivity contribution >= 4 is 45.7 Å². The number of amides is 1. The van der Waals surface area contributed by atoms with Crippen molar-refractivity contribution in [3.8, 4) is 0 Å². The summed E-state index contributed by atoms with van der Waals surface area (Å²) in [4.78, 5) is 29.4. The number of rotatable bonds is 6. The number of carbonyl (C=O) groups is 2. The molecule has 6 nitrogen and oxygen atoms in total. The maximum absolute atomic E-state index is 12.6. The fourth-order valence-corrected chi connectivity index (χ4v) is 4.16. The standard InChI is InChI=1S/C25H29N3O3S/c1-6-31-25(30)13-20-12-24(28-22-11-18(5)17(4)10-21(22)26-20)32-14-23(29)27-19-8-15(2)7-16(3)9-19/h7-12,26H,6,13-14H2,1-5H3,(H,27,29). The summed E-state index contributed by atoms with van der Waals surface area (Å²) in [6, 6.07) is 9.99. The molecule has 1 aliphatic heterocycles. The van der Waals surface area contributed by atoms with Gasteiger partial charge in [0.15, 0.2) is 0 Å². The molecular formula is C25H29N3O3S. The molecule has 0 bridgehead atoms. The van der Waals surface area contributed by atoms with Crippen molar-refractivity contribution in [2.75, 3.05) is 23.0 Å². The van der Waals surface area contributed by atoms with E-state index >= 15 is 0 Å². The Hall–Kier alpha value is -3.06. The van der Waals surface area contributed by atoms with Gasteiger partial charge in [-0.15, -0.1) is 0 Å². The number of ether oxygens (including phenoxy) is 1. The first-order chi connectivity index (χ1) is 15.2. The van der Waals surface area contributed by atoms with E-state index in [4.69, 9.17) is 9.73 Å². The summed E-state index contributed by atoms with van der Waals surface area (Å²) in [5.74, 6) is -0.217. The molecule has 1 heterocycles. The number of hydrogen-bond acceptors (Lipinski definition) is 6. The number of nitrogens with one attached hydrogen (secondary N) is 2. The average Bonchev–Trinajstić information content (AvgIpc) is 2.84. The molecule has 0 saturated heterocycles. The maximum atomic E-state index is 12.6. The van der Waals surface area contributed by atoms with Gasteiger partial charge in [-0.25, -0.2) is 4.99 Å². The quantitative estimate of drug-likeness (QED) is 0.560. The van der Waals surface area contributed by atoms with Crippen molar-refractivity contribution in [2.45, 2.75) is 41.0 Å². The molecule has 3 rings (SSSR count). The van der Waals surface area contributed by atoms with Crippen LogP contribution in [0.1, 0.15) is 35.6 Å². The Labute approximate surface area is 193 Å². The Morgan fingerprint density at radius 2 is 1.72 bits per heavy atom. The molecule has 1 aliphatic rings. The minimum Gasteiger partial charge on any atom is -0.466 e. The Morgan fingerprint density at radius 1 is 1.03 bits per heavy atom. The normalized spacial score (nSPS) is 12.7. The van der Waals surface area contributed by atoms with Gasteiger partial charge in [0.2, 0.25) is 5.91 Å². The number of thioether (sulfide) groups is 1. The molecule has 0 atom stereocenters. The Balaban J connectivity index is 1.79. The third-order valence-electron chi connectivity index (χ3n) is 4.93. The van der Waals surface area contributed by atoms with Crippen molar-refractivity contribution in [1.29, 1.82) is 0 Å². The van der Waals surface area contributed by atoms with Crippen molar-refractivity contribution < 1.29 is 14.3 Å². The van der Waals surface area contributed by atoms with Crippen LogP contribution in [-0.4, -0.2) is 29.3 Å². The van der Waals surface area contributed by atoms with Gasteiger partial charge in [-0.1, -0.05) is 17.8 Å². The number of hydrogen-bond donors (Lipinski definition) is 2. The first-order valence-corrected chi connectivity index (χ1v) is 11.6. The molecule has 0 aliphatic carbocycles. The van der Waals surface area contributed by atoms with Gasteiger partial charge < -0.3 is 15.4 Å². The SMILES string of the molecule is CCOC(=O)CC1=CC(SCC(=O)Nc2cc(C)cc(C)c2)=Nc2cc(C)c(C)cc2N1. The number of aryl methyl sites for hydroxylation is 4. The lowest BCUT2D eigenvalue weighted by Gasteiger charge is -2.12. The van der Waals surface area contributed by atoms with Crippen LogP contribution in [0.25, 0.3) is 0 Å². The van der Waals surface area contributed by atoms with Crippen molar-refractivity contribution in [2.24, 2.45) is 4.99 Å². The van der Waals surface area contributed by atoms with E-state index in [9.17, 15) is 9.59 Å². The minimum atomic E-state index is -0.310. The topological polar surface area (TPSA) is 79.8 Å². The summed E-state index contributed by atoms with van der Waals surface area (Å²) < 4.78 is 5.10. The summed E-state index contributed by atoms with van der Waals surface area (Å²) in [6.45, 7) is 10.2. The molecule has 2 aromatic rings. The van der Waals surface area contributed by atoms with Gasteiger partial charge in [0.1, 0.15) is 0 Å². The lowest BCUT2D eigenvalue weighted by Crippen LogP contribution is -2.15.